The Balaban J connectivity index is 1.72. The number of benzene rings is 1. The van der Waals surface area contributed by atoms with E-state index in [-0.39, 0.29) is 24.6 Å². The largest absolute Gasteiger partial charge is 0.494 e. The van der Waals surface area contributed by atoms with E-state index in [0.717, 1.165) is 5.56 Å². The fraction of sp³-hybridized carbons (Fsp3) is 0.500. The van der Waals surface area contributed by atoms with Gasteiger partial charge in [-0.2, -0.15) is 4.31 Å². The number of carboxylic acid groups (broad SMARTS) is 1. The predicted octanol–water partition coefficient (Wildman–Crippen LogP) is 0.582. The molecule has 2 rings (SSSR count). The zero-order chi connectivity index (χ0) is 18.3. The smallest absolute Gasteiger partial charge is 0.303 e. The molecule has 0 aliphatic carbocycles. The molecule has 0 spiro atoms. The van der Waals surface area contributed by atoms with E-state index in [0.29, 0.717) is 38.3 Å². The van der Waals surface area contributed by atoms with Crippen LogP contribution in [0.3, 0.4) is 0 Å². The predicted molar refractivity (Wildman–Crippen MR) is 90.6 cm³/mol. The van der Waals surface area contributed by atoms with E-state index in [4.69, 9.17) is 9.84 Å². The summed E-state index contributed by atoms with van der Waals surface area (Å²) in [6.45, 7) is 0.871. The summed E-state index contributed by atoms with van der Waals surface area (Å²) >= 11 is 0. The van der Waals surface area contributed by atoms with Crippen molar-refractivity contribution in [1.29, 1.82) is 0 Å². The number of nitrogens with one attached hydrogen (secondary N) is 1. The Labute approximate surface area is 146 Å². The number of aliphatic carboxylic acids is 1. The summed E-state index contributed by atoms with van der Waals surface area (Å²) in [5.41, 5.74) is 0.857. The number of amides is 1. The first kappa shape index (κ1) is 19.2. The maximum atomic E-state index is 11.9. The van der Waals surface area contributed by atoms with Gasteiger partial charge in [-0.3, -0.25) is 9.59 Å². The van der Waals surface area contributed by atoms with Gasteiger partial charge in [0.1, 0.15) is 5.75 Å². The lowest BCUT2D eigenvalue weighted by molar-refractivity contribution is -0.137. The quantitative estimate of drug-likeness (QED) is 0.615. The second kappa shape index (κ2) is 8.82. The minimum atomic E-state index is -3.27. The highest BCUT2D eigenvalue weighted by Gasteiger charge is 2.29. The van der Waals surface area contributed by atoms with Crippen LogP contribution in [0.1, 0.15) is 24.8 Å². The summed E-state index contributed by atoms with van der Waals surface area (Å²) < 4.78 is 29.9. The van der Waals surface area contributed by atoms with Crippen LogP contribution in [-0.4, -0.2) is 55.2 Å². The summed E-state index contributed by atoms with van der Waals surface area (Å²) in [5.74, 6) is -0.451. The van der Waals surface area contributed by atoms with Gasteiger partial charge in [-0.05, 0) is 30.5 Å². The van der Waals surface area contributed by atoms with Crippen LogP contribution in [0.15, 0.2) is 24.3 Å². The third kappa shape index (κ3) is 6.35. The molecule has 9 heteroatoms. The van der Waals surface area contributed by atoms with Gasteiger partial charge in [-0.25, -0.2) is 8.42 Å². The molecule has 0 atom stereocenters. The Morgan fingerprint density at radius 1 is 1.24 bits per heavy atom. The number of sulfonamides is 1. The summed E-state index contributed by atoms with van der Waals surface area (Å²) in [6, 6.07) is 7.07. The van der Waals surface area contributed by atoms with Gasteiger partial charge in [-0.1, -0.05) is 12.1 Å². The van der Waals surface area contributed by atoms with Gasteiger partial charge in [0.05, 0.1) is 18.9 Å². The lowest BCUT2D eigenvalue weighted by Gasteiger charge is -2.14. The average molecular weight is 370 g/mol. The zero-order valence-electron chi connectivity index (χ0n) is 13.8. The molecule has 1 fully saturated rings. The van der Waals surface area contributed by atoms with Crippen molar-refractivity contribution in [2.24, 2.45) is 0 Å². The molecule has 1 aromatic carbocycles. The topological polar surface area (TPSA) is 113 Å². The number of rotatable bonds is 9. The van der Waals surface area contributed by atoms with Crippen molar-refractivity contribution >= 4 is 21.9 Å². The Hall–Kier alpha value is -2.13. The standard InChI is InChI=1S/C16H22N2O6S/c19-15(12-18-8-2-10-25(18,22)23)17-11-13-4-6-14(7-5-13)24-9-1-3-16(20)21/h4-7H,1-3,8-12H2,(H,17,19)(H,20,21). The molecule has 0 bridgehead atoms. The van der Waals surface area contributed by atoms with E-state index in [1.807, 2.05) is 0 Å². The van der Waals surface area contributed by atoms with E-state index in [1.54, 1.807) is 24.3 Å². The monoisotopic (exact) mass is 370 g/mol. The van der Waals surface area contributed by atoms with Crippen molar-refractivity contribution < 1.29 is 27.9 Å². The van der Waals surface area contributed by atoms with Crippen LogP contribution in [0.2, 0.25) is 0 Å². The number of nitrogens with zero attached hydrogens (tertiary/aromatic N) is 1. The average Bonchev–Trinajstić information content (AvgIpc) is 2.89. The normalized spacial score (nSPS) is 16.5. The molecule has 1 aliphatic rings. The number of carboxylic acids is 1. The van der Waals surface area contributed by atoms with Gasteiger partial charge in [-0.15, -0.1) is 0 Å². The van der Waals surface area contributed by atoms with Crippen LogP contribution < -0.4 is 10.1 Å². The summed E-state index contributed by atoms with van der Waals surface area (Å²) in [7, 11) is -3.27. The summed E-state index contributed by atoms with van der Waals surface area (Å²) in [6.07, 6.45) is 1.06. The zero-order valence-corrected chi connectivity index (χ0v) is 14.6. The first-order chi connectivity index (χ1) is 11.9. The van der Waals surface area contributed by atoms with E-state index in [9.17, 15) is 18.0 Å². The number of carbonyl (C=O) groups excluding carboxylic acids is 1. The van der Waals surface area contributed by atoms with Crippen LogP contribution in [0.5, 0.6) is 5.75 Å². The molecule has 1 aromatic rings. The number of hydrogen-bond donors (Lipinski definition) is 2. The second-order valence-electron chi connectivity index (χ2n) is 5.77. The summed E-state index contributed by atoms with van der Waals surface area (Å²) in [4.78, 5) is 22.3. The molecule has 1 amide bonds. The molecular weight excluding hydrogens is 348 g/mol. The highest BCUT2D eigenvalue weighted by molar-refractivity contribution is 7.89. The molecule has 1 saturated heterocycles. The minimum Gasteiger partial charge on any atom is -0.494 e. The van der Waals surface area contributed by atoms with Gasteiger partial charge >= 0.3 is 5.97 Å². The maximum absolute atomic E-state index is 11.9. The first-order valence-electron chi connectivity index (χ1n) is 8.05. The molecular formula is C16H22N2O6S. The molecule has 0 radical (unpaired) electrons. The number of ether oxygens (including phenoxy) is 1. The molecule has 1 heterocycles. The van der Waals surface area contributed by atoms with Gasteiger partial charge in [0.15, 0.2) is 0 Å². The Bertz CT molecular complexity index is 702. The highest BCUT2D eigenvalue weighted by atomic mass is 32.2. The molecule has 0 unspecified atom stereocenters. The van der Waals surface area contributed by atoms with Crippen molar-refractivity contribution in [2.75, 3.05) is 25.4 Å². The maximum Gasteiger partial charge on any atom is 0.303 e. The summed E-state index contributed by atoms with van der Waals surface area (Å²) in [5, 5.41) is 11.2. The van der Waals surface area contributed by atoms with Crippen LogP contribution >= 0.6 is 0 Å². The van der Waals surface area contributed by atoms with Gasteiger partial charge in [0.25, 0.3) is 0 Å². The van der Waals surface area contributed by atoms with Crippen molar-refractivity contribution in [3.05, 3.63) is 29.8 Å². The fourth-order valence-corrected chi connectivity index (χ4v) is 3.88. The molecule has 138 valence electrons. The van der Waals surface area contributed by atoms with Crippen LogP contribution in [-0.2, 0) is 26.2 Å². The van der Waals surface area contributed by atoms with E-state index >= 15 is 0 Å². The Morgan fingerprint density at radius 2 is 1.96 bits per heavy atom. The van der Waals surface area contributed by atoms with Gasteiger partial charge < -0.3 is 15.2 Å². The SMILES string of the molecule is O=C(O)CCCOc1ccc(CNC(=O)CN2CCCS2(=O)=O)cc1. The fourth-order valence-electron chi connectivity index (χ4n) is 2.40. The van der Waals surface area contributed by atoms with Crippen LogP contribution in [0.4, 0.5) is 0 Å². The van der Waals surface area contributed by atoms with Crippen LogP contribution in [0, 0.1) is 0 Å². The number of hydrogen-bond acceptors (Lipinski definition) is 5. The lowest BCUT2D eigenvalue weighted by Crippen LogP contribution is -2.37. The van der Waals surface area contributed by atoms with Crippen molar-refractivity contribution in [1.82, 2.24) is 9.62 Å². The minimum absolute atomic E-state index is 0.0663. The van der Waals surface area contributed by atoms with Gasteiger partial charge in [0.2, 0.25) is 15.9 Å². The van der Waals surface area contributed by atoms with Crippen molar-refractivity contribution in [3.8, 4) is 5.75 Å². The third-order valence-electron chi connectivity index (χ3n) is 3.74. The molecule has 0 saturated carbocycles. The lowest BCUT2D eigenvalue weighted by atomic mass is 10.2. The number of carbonyl (C=O) groups is 2. The Morgan fingerprint density at radius 3 is 2.56 bits per heavy atom. The second-order valence-corrected chi connectivity index (χ2v) is 7.86. The van der Waals surface area contributed by atoms with E-state index in [1.165, 1.54) is 4.31 Å². The van der Waals surface area contributed by atoms with Crippen molar-refractivity contribution in [3.63, 3.8) is 0 Å². The highest BCUT2D eigenvalue weighted by Crippen LogP contribution is 2.14. The van der Waals surface area contributed by atoms with Gasteiger partial charge in [0, 0.05) is 19.5 Å². The third-order valence-corrected chi connectivity index (χ3v) is 5.64. The molecule has 2 N–H and O–H groups in total. The molecule has 25 heavy (non-hydrogen) atoms. The Kier molecular flexibility index (Phi) is 6.77. The van der Waals surface area contributed by atoms with Crippen LogP contribution in [0.25, 0.3) is 0 Å². The molecule has 1 aliphatic heterocycles. The molecule has 8 nitrogen and oxygen atoms in total. The molecule has 0 aromatic heterocycles. The van der Waals surface area contributed by atoms with E-state index < -0.39 is 16.0 Å². The first-order valence-corrected chi connectivity index (χ1v) is 9.66. The van der Waals surface area contributed by atoms with Crippen molar-refractivity contribution in [2.45, 2.75) is 25.8 Å². The van der Waals surface area contributed by atoms with E-state index in [2.05, 4.69) is 5.32 Å².